The van der Waals surface area contributed by atoms with Gasteiger partial charge >= 0.3 is 5.56 Å². The van der Waals surface area contributed by atoms with Crippen LogP contribution in [0.5, 0.6) is 0 Å². The Morgan fingerprint density at radius 2 is 1.96 bits per heavy atom. The van der Waals surface area contributed by atoms with Crippen molar-refractivity contribution in [2.24, 2.45) is 7.05 Å². The lowest BCUT2D eigenvalue weighted by molar-refractivity contribution is 0.101. The minimum Gasteiger partial charge on any atom is -0.289 e. The average molecular weight is 355 g/mol. The normalized spacial score (nSPS) is 11.0. The number of aryl methyl sites for hydroxylation is 1. The van der Waals surface area contributed by atoms with E-state index in [2.05, 4.69) is 30.6 Å². The maximum atomic E-state index is 13.1. The molecule has 0 radical (unpaired) electrons. The summed E-state index contributed by atoms with van der Waals surface area (Å²) in [4.78, 5) is 32.2. The molecule has 0 saturated carbocycles. The second-order valence-electron chi connectivity index (χ2n) is 5.19. The van der Waals surface area contributed by atoms with Gasteiger partial charge in [-0.2, -0.15) is 34.5 Å². The topological polar surface area (TPSA) is 125 Å². The maximum Gasteiger partial charge on any atom is 0.306 e. The summed E-state index contributed by atoms with van der Waals surface area (Å²) >= 11 is 0. The lowest BCUT2D eigenvalue weighted by Crippen LogP contribution is -2.28. The van der Waals surface area contributed by atoms with Gasteiger partial charge < -0.3 is 0 Å². The van der Waals surface area contributed by atoms with Crippen molar-refractivity contribution in [1.82, 2.24) is 39.1 Å². The number of hydrogen-bond acceptors (Lipinski definition) is 7. The molecule has 0 fully saturated rings. The molecular weight excluding hydrogens is 345 g/mol. The standard InChI is InChI=1S/C14H10FN9O2/c1-22-13(16-6-17-22)19-11(25)10-12(26)20-14-23(21-10)7-18-24(14)9-4-2-8(15)3-5-9/h2-7H,1H3,(H,16,17,19,25). The molecule has 1 aromatic carbocycles. The van der Waals surface area contributed by atoms with Crippen molar-refractivity contribution in [3.8, 4) is 5.69 Å². The van der Waals surface area contributed by atoms with E-state index in [0.29, 0.717) is 5.69 Å². The van der Waals surface area contributed by atoms with E-state index in [9.17, 15) is 14.0 Å². The van der Waals surface area contributed by atoms with Gasteiger partial charge in [0, 0.05) is 7.05 Å². The van der Waals surface area contributed by atoms with Gasteiger partial charge in [0.2, 0.25) is 11.6 Å². The molecule has 0 bridgehead atoms. The lowest BCUT2D eigenvalue weighted by Gasteiger charge is -2.04. The zero-order chi connectivity index (χ0) is 18.3. The van der Waals surface area contributed by atoms with E-state index in [-0.39, 0.29) is 11.7 Å². The second-order valence-corrected chi connectivity index (χ2v) is 5.19. The molecule has 1 N–H and O–H groups in total. The summed E-state index contributed by atoms with van der Waals surface area (Å²) in [5.74, 6) is -0.946. The Bertz CT molecular complexity index is 1180. The van der Waals surface area contributed by atoms with Crippen LogP contribution >= 0.6 is 0 Å². The van der Waals surface area contributed by atoms with Gasteiger partial charge in [0.25, 0.3) is 11.7 Å². The summed E-state index contributed by atoms with van der Waals surface area (Å²) < 4.78 is 16.9. The summed E-state index contributed by atoms with van der Waals surface area (Å²) in [6.45, 7) is 0. The fourth-order valence-corrected chi connectivity index (χ4v) is 2.24. The Labute approximate surface area is 143 Å². The molecule has 0 spiro atoms. The molecule has 0 aliphatic carbocycles. The molecule has 0 aliphatic rings. The summed E-state index contributed by atoms with van der Waals surface area (Å²) in [6, 6.07) is 5.45. The van der Waals surface area contributed by atoms with Crippen LogP contribution in [0.15, 0.2) is 41.7 Å². The summed E-state index contributed by atoms with van der Waals surface area (Å²) in [5.41, 5.74) is -0.781. The number of carbonyl (C=O) groups excluding carboxylic acids is 1. The number of anilines is 1. The minimum atomic E-state index is -0.839. The number of amides is 1. The predicted octanol–water partition coefficient (Wildman–Crippen LogP) is -0.205. The third-order valence-electron chi connectivity index (χ3n) is 3.51. The van der Waals surface area contributed by atoms with Gasteiger partial charge in [0.15, 0.2) is 0 Å². The Morgan fingerprint density at radius 3 is 2.65 bits per heavy atom. The highest BCUT2D eigenvalue weighted by Gasteiger charge is 2.19. The smallest absolute Gasteiger partial charge is 0.289 e. The number of aromatic nitrogens is 8. The number of nitrogens with one attached hydrogen (secondary N) is 1. The summed E-state index contributed by atoms with van der Waals surface area (Å²) in [7, 11) is 1.58. The third kappa shape index (κ3) is 2.58. The van der Waals surface area contributed by atoms with E-state index < -0.39 is 23.0 Å². The molecule has 3 heterocycles. The number of hydrogen-bond donors (Lipinski definition) is 1. The minimum absolute atomic E-state index is 0.0804. The van der Waals surface area contributed by atoms with Crippen LogP contribution in [0, 0.1) is 5.82 Å². The number of nitrogens with zero attached hydrogens (tertiary/aromatic N) is 8. The average Bonchev–Trinajstić information content (AvgIpc) is 3.21. The van der Waals surface area contributed by atoms with Crippen LogP contribution in [0.2, 0.25) is 0 Å². The SMILES string of the molecule is Cn1ncnc1NC(=O)c1nn2cnn(-c3ccc(F)cc3)c2nc1=O. The molecule has 0 unspecified atom stereocenters. The second kappa shape index (κ2) is 5.84. The first-order valence-electron chi connectivity index (χ1n) is 7.29. The number of halogens is 1. The zero-order valence-corrected chi connectivity index (χ0v) is 13.2. The Kier molecular flexibility index (Phi) is 3.49. The highest BCUT2D eigenvalue weighted by molar-refractivity contribution is 6.01. The van der Waals surface area contributed by atoms with Crippen molar-refractivity contribution in [3.63, 3.8) is 0 Å². The lowest BCUT2D eigenvalue weighted by atomic mass is 10.3. The van der Waals surface area contributed by atoms with E-state index in [1.54, 1.807) is 7.05 Å². The van der Waals surface area contributed by atoms with Crippen molar-refractivity contribution in [2.45, 2.75) is 0 Å². The largest absolute Gasteiger partial charge is 0.306 e. The Balaban J connectivity index is 1.74. The molecule has 12 heteroatoms. The Hall–Kier alpha value is -3.96. The first-order valence-corrected chi connectivity index (χ1v) is 7.29. The van der Waals surface area contributed by atoms with E-state index in [1.165, 1.54) is 50.8 Å². The van der Waals surface area contributed by atoms with Crippen LogP contribution in [0.3, 0.4) is 0 Å². The van der Waals surface area contributed by atoms with Crippen molar-refractivity contribution in [1.29, 1.82) is 0 Å². The van der Waals surface area contributed by atoms with Crippen molar-refractivity contribution in [3.05, 3.63) is 58.8 Å². The number of rotatable bonds is 3. The van der Waals surface area contributed by atoms with E-state index in [0.717, 1.165) is 0 Å². The molecule has 1 amide bonds. The molecule has 4 aromatic rings. The number of benzene rings is 1. The molecule has 130 valence electrons. The van der Waals surface area contributed by atoms with Gasteiger partial charge in [-0.05, 0) is 24.3 Å². The van der Waals surface area contributed by atoms with Gasteiger partial charge in [-0.3, -0.25) is 14.9 Å². The van der Waals surface area contributed by atoms with Crippen LogP contribution < -0.4 is 10.9 Å². The van der Waals surface area contributed by atoms with Gasteiger partial charge in [0.1, 0.15) is 18.5 Å². The van der Waals surface area contributed by atoms with E-state index in [4.69, 9.17) is 0 Å². The fourth-order valence-electron chi connectivity index (χ4n) is 2.24. The molecule has 11 nitrogen and oxygen atoms in total. The molecule has 4 rings (SSSR count). The molecule has 0 aliphatic heterocycles. The van der Waals surface area contributed by atoms with E-state index in [1.807, 2.05) is 0 Å². The number of carbonyl (C=O) groups is 1. The van der Waals surface area contributed by atoms with Crippen molar-refractivity contribution in [2.75, 3.05) is 5.32 Å². The molecule has 0 saturated heterocycles. The van der Waals surface area contributed by atoms with Gasteiger partial charge in [-0.25, -0.2) is 9.07 Å². The zero-order valence-electron chi connectivity index (χ0n) is 13.2. The molecular formula is C14H10FN9O2. The van der Waals surface area contributed by atoms with Crippen molar-refractivity contribution < 1.29 is 9.18 Å². The highest BCUT2D eigenvalue weighted by atomic mass is 19.1. The summed E-state index contributed by atoms with van der Waals surface area (Å²) in [6.07, 6.45) is 2.54. The van der Waals surface area contributed by atoms with Crippen LogP contribution in [0.4, 0.5) is 10.3 Å². The molecule has 26 heavy (non-hydrogen) atoms. The van der Waals surface area contributed by atoms with Gasteiger partial charge in [0.05, 0.1) is 5.69 Å². The predicted molar refractivity (Wildman–Crippen MR) is 85.3 cm³/mol. The van der Waals surface area contributed by atoms with E-state index >= 15 is 0 Å². The third-order valence-corrected chi connectivity index (χ3v) is 3.51. The van der Waals surface area contributed by atoms with Crippen LogP contribution in [-0.2, 0) is 7.05 Å². The van der Waals surface area contributed by atoms with Crippen LogP contribution in [-0.4, -0.2) is 45.1 Å². The van der Waals surface area contributed by atoms with Gasteiger partial charge in [-0.1, -0.05) is 0 Å². The van der Waals surface area contributed by atoms with Crippen LogP contribution in [0.1, 0.15) is 10.5 Å². The number of fused-ring (bicyclic) bond motifs is 1. The monoisotopic (exact) mass is 355 g/mol. The van der Waals surface area contributed by atoms with Crippen molar-refractivity contribution >= 4 is 17.6 Å². The summed E-state index contributed by atoms with van der Waals surface area (Å²) in [5, 5.41) is 14.3. The Morgan fingerprint density at radius 1 is 1.19 bits per heavy atom. The maximum absolute atomic E-state index is 13.1. The molecule has 0 atom stereocenters. The van der Waals surface area contributed by atoms with Crippen LogP contribution in [0.25, 0.3) is 11.5 Å². The van der Waals surface area contributed by atoms with Gasteiger partial charge in [-0.15, -0.1) is 0 Å². The highest BCUT2D eigenvalue weighted by Crippen LogP contribution is 2.10. The molecule has 3 aromatic heterocycles. The first kappa shape index (κ1) is 15.6. The quantitative estimate of drug-likeness (QED) is 0.539. The fraction of sp³-hybridized carbons (Fsp3) is 0.0714. The first-order chi connectivity index (χ1) is 12.5.